The van der Waals surface area contributed by atoms with Crippen LogP contribution in [0.15, 0.2) is 11.6 Å². The van der Waals surface area contributed by atoms with Gasteiger partial charge in [0.1, 0.15) is 5.68 Å². The molecule has 0 spiro atoms. The molecule has 13 heavy (non-hydrogen) atoms. The van der Waals surface area contributed by atoms with Crippen molar-refractivity contribution in [3.8, 4) is 0 Å². The molecule has 0 aromatic heterocycles. The maximum atomic E-state index is 11.9. The number of ether oxygens (including phenoxy) is 1. The van der Waals surface area contributed by atoms with Crippen molar-refractivity contribution in [1.82, 2.24) is 0 Å². The quantitative estimate of drug-likeness (QED) is 0.516. The Hall–Kier alpha value is 0.861. The molecule has 2 nitrogen and oxygen atoms in total. The van der Waals surface area contributed by atoms with Gasteiger partial charge >= 0.3 is 58.4 Å². The second-order valence-electron chi connectivity index (χ2n) is 2.49. The van der Waals surface area contributed by atoms with Gasteiger partial charge in [-0.3, -0.25) is 0 Å². The first-order valence-corrected chi connectivity index (χ1v) is 3.53. The van der Waals surface area contributed by atoms with Gasteiger partial charge in [0.05, 0.1) is 13.2 Å². The van der Waals surface area contributed by atoms with Crippen LogP contribution >= 0.6 is 0 Å². The number of halogens is 3. The maximum absolute atomic E-state index is 11.9. The first-order chi connectivity index (χ1) is 5.52. The van der Waals surface area contributed by atoms with E-state index in [1.165, 1.54) is 6.08 Å². The molecule has 0 saturated carbocycles. The molecule has 0 unspecified atom stereocenters. The molecule has 7 heteroatoms. The smallest absolute Gasteiger partial charge is 0.443 e. The van der Waals surface area contributed by atoms with Crippen LogP contribution < -0.4 is 51.4 Å². The summed E-state index contributed by atoms with van der Waals surface area (Å²) in [7, 11) is 0. The molecule has 1 rings (SSSR count). The third-order valence-electron chi connectivity index (χ3n) is 1.58. The van der Waals surface area contributed by atoms with E-state index in [0.29, 0.717) is 0 Å². The van der Waals surface area contributed by atoms with Crippen molar-refractivity contribution >= 4 is 12.7 Å². The second kappa shape index (κ2) is 5.67. The van der Waals surface area contributed by atoms with Crippen molar-refractivity contribution in [3.63, 3.8) is 0 Å². The summed E-state index contributed by atoms with van der Waals surface area (Å²) in [6, 6.07) is 0. The van der Waals surface area contributed by atoms with Gasteiger partial charge in [0.2, 0.25) is 0 Å². The second-order valence-corrected chi connectivity index (χ2v) is 2.49. The van der Waals surface area contributed by atoms with Gasteiger partial charge < -0.3 is 22.5 Å². The predicted molar refractivity (Wildman–Crippen MR) is 37.6 cm³/mol. The fourth-order valence-corrected chi connectivity index (χ4v) is 0.961. The normalized spacial score (nSPS) is 17.3. The standard InChI is InChI=1S/C6H7BF3O2.K/c8-7(9,10)6(11)5-1-3-12-4-2-5;/h1H,2-4H2;/q-1;+1. The van der Waals surface area contributed by atoms with Crippen LogP contribution in [0.1, 0.15) is 6.42 Å². The molecule has 0 fully saturated rings. The first kappa shape index (κ1) is 13.9. The SMILES string of the molecule is O=C(C1=CCOCC1)[B-](F)(F)F.[K+]. The van der Waals surface area contributed by atoms with E-state index in [9.17, 15) is 17.7 Å². The summed E-state index contributed by atoms with van der Waals surface area (Å²) >= 11 is 0. The van der Waals surface area contributed by atoms with Gasteiger partial charge in [-0.2, -0.15) is 0 Å². The molecule has 0 aromatic carbocycles. The zero-order valence-corrected chi connectivity index (χ0v) is 10.3. The van der Waals surface area contributed by atoms with Crippen molar-refractivity contribution in [1.29, 1.82) is 0 Å². The average Bonchev–Trinajstić information content (AvgIpc) is 2.03. The molecule has 1 aliphatic rings. The number of rotatable bonds is 2. The number of hydrogen-bond donors (Lipinski definition) is 0. The van der Waals surface area contributed by atoms with E-state index in [2.05, 4.69) is 0 Å². The molecular weight excluding hydrogens is 211 g/mol. The van der Waals surface area contributed by atoms with E-state index < -0.39 is 12.7 Å². The predicted octanol–water partition coefficient (Wildman–Crippen LogP) is -1.71. The van der Waals surface area contributed by atoms with Crippen LogP contribution in [0.5, 0.6) is 0 Å². The molecule has 0 aliphatic carbocycles. The van der Waals surface area contributed by atoms with E-state index in [0.717, 1.165) is 0 Å². The van der Waals surface area contributed by atoms with E-state index in [4.69, 9.17) is 4.74 Å². The molecule has 0 atom stereocenters. The third-order valence-corrected chi connectivity index (χ3v) is 1.58. The van der Waals surface area contributed by atoms with E-state index >= 15 is 0 Å². The summed E-state index contributed by atoms with van der Waals surface area (Å²) in [4.78, 5) is 10.6. The van der Waals surface area contributed by atoms with Crippen LogP contribution in [0.2, 0.25) is 0 Å². The Morgan fingerprint density at radius 1 is 1.46 bits per heavy atom. The van der Waals surface area contributed by atoms with Crippen LogP contribution in [0.3, 0.4) is 0 Å². The van der Waals surface area contributed by atoms with Crippen LogP contribution in [0.4, 0.5) is 12.9 Å². The number of carbonyl (C=O) groups is 1. The van der Waals surface area contributed by atoms with Gasteiger partial charge in [-0.1, -0.05) is 6.08 Å². The molecule has 0 N–H and O–H groups in total. The van der Waals surface area contributed by atoms with E-state index in [-0.39, 0.29) is 76.6 Å². The maximum Gasteiger partial charge on any atom is 1.00 e. The van der Waals surface area contributed by atoms with Gasteiger partial charge in [-0.25, -0.2) is 0 Å². The van der Waals surface area contributed by atoms with Crippen molar-refractivity contribution in [2.45, 2.75) is 6.42 Å². The number of carbonyl (C=O) groups excluding carboxylic acids is 1. The van der Waals surface area contributed by atoms with Gasteiger partial charge in [0, 0.05) is 0 Å². The van der Waals surface area contributed by atoms with Gasteiger partial charge in [0.15, 0.2) is 0 Å². The minimum Gasteiger partial charge on any atom is -0.443 e. The Bertz CT molecular complexity index is 226. The molecular formula is C6H7BF3KO2. The molecule has 68 valence electrons. The van der Waals surface area contributed by atoms with Crippen LogP contribution in [-0.4, -0.2) is 25.9 Å². The van der Waals surface area contributed by atoms with Gasteiger partial charge in [-0.15, -0.1) is 0 Å². The third kappa shape index (κ3) is 4.26. The Labute approximate surface area is 116 Å². The summed E-state index contributed by atoms with van der Waals surface area (Å²) < 4.78 is 40.4. The Balaban J connectivity index is 0.00000144. The minimum atomic E-state index is -5.36. The summed E-state index contributed by atoms with van der Waals surface area (Å²) in [6.45, 7) is -5.06. The summed E-state index contributed by atoms with van der Waals surface area (Å²) in [5, 5.41) is 0. The minimum absolute atomic E-state index is 0. The zero-order valence-electron chi connectivity index (χ0n) is 7.23. The topological polar surface area (TPSA) is 26.3 Å². The fraction of sp³-hybridized carbons (Fsp3) is 0.500. The van der Waals surface area contributed by atoms with Crippen molar-refractivity contribution < 1.29 is 73.9 Å². The Morgan fingerprint density at radius 2 is 2.08 bits per heavy atom. The Morgan fingerprint density at radius 3 is 2.46 bits per heavy atom. The van der Waals surface area contributed by atoms with Crippen molar-refractivity contribution in [3.05, 3.63) is 11.6 Å². The van der Waals surface area contributed by atoms with Gasteiger partial charge in [-0.05, 0) is 12.0 Å². The molecule has 0 saturated heterocycles. The number of hydrogen-bond acceptors (Lipinski definition) is 2. The largest absolute Gasteiger partial charge is 1.00 e. The van der Waals surface area contributed by atoms with Crippen molar-refractivity contribution in [2.75, 3.05) is 13.2 Å². The van der Waals surface area contributed by atoms with E-state index in [1.807, 2.05) is 0 Å². The molecule has 1 aliphatic heterocycles. The molecule has 0 bridgehead atoms. The Kier molecular flexibility index (Phi) is 6.05. The van der Waals surface area contributed by atoms with E-state index in [1.54, 1.807) is 0 Å². The fourth-order valence-electron chi connectivity index (χ4n) is 0.961. The van der Waals surface area contributed by atoms with Crippen LogP contribution in [0.25, 0.3) is 0 Å². The summed E-state index contributed by atoms with van der Waals surface area (Å²) in [5.41, 5.74) is -1.84. The molecule has 1 heterocycles. The average molecular weight is 218 g/mol. The van der Waals surface area contributed by atoms with Crippen LogP contribution in [0, 0.1) is 0 Å². The van der Waals surface area contributed by atoms with Gasteiger partial charge in [0.25, 0.3) is 0 Å². The summed E-state index contributed by atoms with van der Waals surface area (Å²) in [5.74, 6) is 0. The van der Waals surface area contributed by atoms with Crippen molar-refractivity contribution in [2.24, 2.45) is 0 Å². The molecule has 0 amide bonds. The monoisotopic (exact) mass is 218 g/mol. The first-order valence-electron chi connectivity index (χ1n) is 3.53. The molecule has 0 aromatic rings. The van der Waals surface area contributed by atoms with Crippen LogP contribution in [-0.2, 0) is 9.53 Å². The summed E-state index contributed by atoms with van der Waals surface area (Å²) in [6.07, 6.45) is 1.27. The zero-order chi connectivity index (χ0) is 9.19. The molecule has 0 radical (unpaired) electrons.